The third kappa shape index (κ3) is 2.71. The van der Waals surface area contributed by atoms with Crippen LogP contribution < -0.4 is 5.56 Å². The lowest BCUT2D eigenvalue weighted by Gasteiger charge is -2.32. The van der Waals surface area contributed by atoms with Crippen molar-refractivity contribution in [2.45, 2.75) is 38.2 Å². The monoisotopic (exact) mass is 347 g/mol. The predicted molar refractivity (Wildman–Crippen MR) is 88.4 cm³/mol. The van der Waals surface area contributed by atoms with E-state index in [2.05, 4.69) is 4.98 Å². The maximum atomic E-state index is 13.4. The molecular formula is C18H19F2N3O2. The minimum Gasteiger partial charge on any atom is -0.343 e. The van der Waals surface area contributed by atoms with Crippen LogP contribution in [0.3, 0.4) is 0 Å². The van der Waals surface area contributed by atoms with Crippen LogP contribution in [0.4, 0.5) is 8.78 Å². The number of rotatable bonds is 3. The van der Waals surface area contributed by atoms with E-state index in [1.807, 2.05) is 6.07 Å². The Morgan fingerprint density at radius 2 is 1.88 bits per heavy atom. The summed E-state index contributed by atoms with van der Waals surface area (Å²) in [6.07, 6.45) is 2.31. The van der Waals surface area contributed by atoms with Crippen LogP contribution in [0.1, 0.15) is 25.7 Å². The van der Waals surface area contributed by atoms with E-state index < -0.39 is 11.3 Å². The lowest BCUT2D eigenvalue weighted by atomic mass is 9.92. The van der Waals surface area contributed by atoms with Crippen LogP contribution in [0.15, 0.2) is 35.4 Å². The smallest absolute Gasteiger partial charge is 0.261 e. The minimum absolute atomic E-state index is 0.0415. The Labute approximate surface area is 143 Å². The van der Waals surface area contributed by atoms with E-state index in [-0.39, 0.29) is 30.9 Å². The van der Waals surface area contributed by atoms with Crippen molar-refractivity contribution < 1.29 is 13.6 Å². The molecule has 2 aliphatic rings. The molecule has 0 radical (unpaired) electrons. The molecule has 0 unspecified atom stereocenters. The lowest BCUT2D eigenvalue weighted by Crippen LogP contribution is -2.41. The fourth-order valence-electron chi connectivity index (χ4n) is 3.75. The van der Waals surface area contributed by atoms with Crippen molar-refractivity contribution in [2.24, 2.45) is 5.41 Å². The lowest BCUT2D eigenvalue weighted by molar-refractivity contribution is -0.133. The molecule has 0 bridgehead atoms. The van der Waals surface area contributed by atoms with E-state index >= 15 is 0 Å². The molecule has 2 fully saturated rings. The van der Waals surface area contributed by atoms with Gasteiger partial charge >= 0.3 is 0 Å². The van der Waals surface area contributed by atoms with Gasteiger partial charge in [0.1, 0.15) is 0 Å². The second-order valence-corrected chi connectivity index (χ2v) is 7.05. The quantitative estimate of drug-likeness (QED) is 0.857. The number of hydrogen-bond donors (Lipinski definition) is 0. The van der Waals surface area contributed by atoms with Gasteiger partial charge < -0.3 is 4.90 Å². The van der Waals surface area contributed by atoms with Gasteiger partial charge in [-0.2, -0.15) is 0 Å². The SMILES string of the molecule is O=C(CCn1cnc2ccccc2c1=O)N1CCC2(CC1)CC2(F)F. The fraction of sp³-hybridized carbons (Fsp3) is 0.500. The highest BCUT2D eigenvalue weighted by Crippen LogP contribution is 2.65. The van der Waals surface area contributed by atoms with Crippen LogP contribution in [0, 0.1) is 5.41 Å². The number of fused-ring (bicyclic) bond motifs is 1. The number of piperidine rings is 1. The van der Waals surface area contributed by atoms with E-state index in [0.29, 0.717) is 36.8 Å². The Hall–Kier alpha value is -2.31. The molecule has 4 rings (SSSR count). The second-order valence-electron chi connectivity index (χ2n) is 7.05. The van der Waals surface area contributed by atoms with Crippen LogP contribution in [-0.4, -0.2) is 39.4 Å². The number of alkyl halides is 2. The Balaban J connectivity index is 1.38. The number of carbonyl (C=O) groups excluding carboxylic acids is 1. The van der Waals surface area contributed by atoms with Crippen molar-refractivity contribution in [1.29, 1.82) is 0 Å². The van der Waals surface area contributed by atoms with Gasteiger partial charge in [-0.25, -0.2) is 13.8 Å². The van der Waals surface area contributed by atoms with E-state index in [4.69, 9.17) is 0 Å². The number of benzene rings is 1. The maximum absolute atomic E-state index is 13.4. The predicted octanol–water partition coefficient (Wildman–Crippen LogP) is 2.43. The number of aryl methyl sites for hydroxylation is 1. The highest BCUT2D eigenvalue weighted by molar-refractivity contribution is 5.77. The van der Waals surface area contributed by atoms with Crippen LogP contribution in [0.5, 0.6) is 0 Å². The summed E-state index contributed by atoms with van der Waals surface area (Å²) in [5, 5.41) is 0.522. The molecule has 1 aliphatic carbocycles. The van der Waals surface area contributed by atoms with Crippen molar-refractivity contribution in [3.8, 4) is 0 Å². The van der Waals surface area contributed by atoms with Gasteiger partial charge in [-0.3, -0.25) is 14.2 Å². The minimum atomic E-state index is -2.55. The molecule has 1 amide bonds. The zero-order valence-corrected chi connectivity index (χ0v) is 13.8. The molecule has 1 saturated carbocycles. The van der Waals surface area contributed by atoms with E-state index in [9.17, 15) is 18.4 Å². The van der Waals surface area contributed by atoms with E-state index in [1.54, 1.807) is 23.1 Å². The van der Waals surface area contributed by atoms with Crippen molar-refractivity contribution in [3.63, 3.8) is 0 Å². The van der Waals surface area contributed by atoms with Gasteiger partial charge in [-0.05, 0) is 25.0 Å². The number of carbonyl (C=O) groups is 1. The van der Waals surface area contributed by atoms with Gasteiger partial charge in [0.05, 0.1) is 17.2 Å². The van der Waals surface area contributed by atoms with Gasteiger partial charge in [0.2, 0.25) is 5.91 Å². The molecule has 2 heterocycles. The average molecular weight is 347 g/mol. The first kappa shape index (κ1) is 16.2. The summed E-state index contributed by atoms with van der Waals surface area (Å²) < 4.78 is 28.2. The molecule has 25 heavy (non-hydrogen) atoms. The Morgan fingerprint density at radius 3 is 2.56 bits per heavy atom. The number of para-hydroxylation sites is 1. The standard InChI is InChI=1S/C18H19F2N3O2/c19-18(20)11-17(18)6-9-22(10-7-17)15(24)5-8-23-12-21-14-4-2-1-3-13(14)16(23)25/h1-4,12H,5-11H2. The zero-order valence-electron chi connectivity index (χ0n) is 13.8. The van der Waals surface area contributed by atoms with Crippen molar-refractivity contribution in [3.05, 3.63) is 40.9 Å². The number of aromatic nitrogens is 2. The normalized spacial score (nSPS) is 20.8. The molecule has 132 valence electrons. The highest BCUT2D eigenvalue weighted by Gasteiger charge is 2.70. The summed E-state index contributed by atoms with van der Waals surface area (Å²) in [5.41, 5.74) is -0.404. The number of amides is 1. The number of likely N-dealkylation sites (tertiary alicyclic amines) is 1. The molecule has 2 aromatic rings. The molecule has 0 atom stereocenters. The number of halogens is 2. The Bertz CT molecular complexity index is 885. The summed E-state index contributed by atoms with van der Waals surface area (Å²) in [4.78, 5) is 30.6. The largest absolute Gasteiger partial charge is 0.343 e. The molecule has 1 saturated heterocycles. The van der Waals surface area contributed by atoms with Crippen LogP contribution in [0.2, 0.25) is 0 Å². The van der Waals surface area contributed by atoms with Crippen molar-refractivity contribution >= 4 is 16.8 Å². The van der Waals surface area contributed by atoms with Gasteiger partial charge in [0.15, 0.2) is 0 Å². The first-order valence-corrected chi connectivity index (χ1v) is 8.52. The average Bonchev–Trinajstić information content (AvgIpc) is 3.14. The van der Waals surface area contributed by atoms with Gasteiger partial charge in [-0.15, -0.1) is 0 Å². The van der Waals surface area contributed by atoms with E-state index in [0.717, 1.165) is 0 Å². The number of nitrogens with zero attached hydrogens (tertiary/aromatic N) is 3. The molecule has 1 aliphatic heterocycles. The van der Waals surface area contributed by atoms with Crippen molar-refractivity contribution in [1.82, 2.24) is 14.5 Å². The molecular weight excluding hydrogens is 328 g/mol. The summed E-state index contributed by atoms with van der Waals surface area (Å²) in [7, 11) is 0. The zero-order chi connectivity index (χ0) is 17.7. The number of hydrogen-bond acceptors (Lipinski definition) is 3. The highest BCUT2D eigenvalue weighted by atomic mass is 19.3. The van der Waals surface area contributed by atoms with Crippen LogP contribution >= 0.6 is 0 Å². The second kappa shape index (κ2) is 5.61. The van der Waals surface area contributed by atoms with E-state index in [1.165, 1.54) is 10.9 Å². The van der Waals surface area contributed by atoms with Gasteiger partial charge in [-0.1, -0.05) is 12.1 Å². The third-order valence-corrected chi connectivity index (χ3v) is 5.58. The fourth-order valence-corrected chi connectivity index (χ4v) is 3.75. The first-order valence-electron chi connectivity index (χ1n) is 8.52. The summed E-state index contributed by atoms with van der Waals surface area (Å²) in [5.74, 6) is -2.65. The third-order valence-electron chi connectivity index (χ3n) is 5.58. The first-order chi connectivity index (χ1) is 11.9. The maximum Gasteiger partial charge on any atom is 0.261 e. The summed E-state index contributed by atoms with van der Waals surface area (Å²) in [6, 6.07) is 7.07. The topological polar surface area (TPSA) is 55.2 Å². The Kier molecular flexibility index (Phi) is 3.63. The Morgan fingerprint density at radius 1 is 1.20 bits per heavy atom. The van der Waals surface area contributed by atoms with Crippen LogP contribution in [0.25, 0.3) is 10.9 Å². The summed E-state index contributed by atoms with van der Waals surface area (Å²) >= 11 is 0. The van der Waals surface area contributed by atoms with Gasteiger partial charge in [0.25, 0.3) is 11.5 Å². The van der Waals surface area contributed by atoms with Crippen molar-refractivity contribution in [2.75, 3.05) is 13.1 Å². The molecule has 1 aromatic carbocycles. The molecule has 1 aromatic heterocycles. The molecule has 7 heteroatoms. The molecule has 5 nitrogen and oxygen atoms in total. The van der Waals surface area contributed by atoms with Gasteiger partial charge in [0, 0.05) is 37.9 Å². The molecule has 1 spiro atoms. The summed E-state index contributed by atoms with van der Waals surface area (Å²) in [6.45, 7) is 0.992. The molecule has 0 N–H and O–H groups in total. The van der Waals surface area contributed by atoms with Crippen LogP contribution in [-0.2, 0) is 11.3 Å².